The molecule has 126 valence electrons. The van der Waals surface area contributed by atoms with Gasteiger partial charge in [0.1, 0.15) is 4.21 Å². The number of hydrogen-bond acceptors (Lipinski definition) is 5. The third-order valence-corrected chi connectivity index (χ3v) is 9.83. The zero-order valence-electron chi connectivity index (χ0n) is 12.5. The molecular weight excluding hydrogens is 366 g/mol. The summed E-state index contributed by atoms with van der Waals surface area (Å²) in [5.41, 5.74) is 0. The maximum Gasteiger partial charge on any atom is 0.252 e. The van der Waals surface area contributed by atoms with Crippen LogP contribution in [0, 0.1) is 5.92 Å². The molecule has 5 nitrogen and oxygen atoms in total. The average Bonchev–Trinajstić information content (AvgIpc) is 2.85. The van der Waals surface area contributed by atoms with Crippen LogP contribution in [-0.4, -0.2) is 45.2 Å². The van der Waals surface area contributed by atoms with Gasteiger partial charge in [-0.1, -0.05) is 25.4 Å². The SMILES string of the molecule is CC(C)CS(=O)(=O)C1CCN(S(=O)(=O)c2ccc(Cl)s2)CC1. The molecule has 1 aromatic rings. The van der Waals surface area contributed by atoms with E-state index in [4.69, 9.17) is 11.6 Å². The fraction of sp³-hybridized carbons (Fsp3) is 0.692. The summed E-state index contributed by atoms with van der Waals surface area (Å²) in [5, 5.41) is -0.437. The molecule has 0 aliphatic carbocycles. The van der Waals surface area contributed by atoms with Gasteiger partial charge in [-0.15, -0.1) is 11.3 Å². The van der Waals surface area contributed by atoms with Gasteiger partial charge in [-0.25, -0.2) is 16.8 Å². The molecule has 2 rings (SSSR count). The number of sulfone groups is 1. The number of sulfonamides is 1. The Hall–Kier alpha value is -0.150. The van der Waals surface area contributed by atoms with Crippen LogP contribution < -0.4 is 0 Å². The van der Waals surface area contributed by atoms with Gasteiger partial charge in [0.2, 0.25) is 0 Å². The second kappa shape index (κ2) is 6.76. The molecule has 0 bridgehead atoms. The van der Waals surface area contributed by atoms with E-state index in [1.165, 1.54) is 10.4 Å². The Morgan fingerprint density at radius 3 is 2.27 bits per heavy atom. The molecule has 1 aliphatic heterocycles. The van der Waals surface area contributed by atoms with Gasteiger partial charge in [0.05, 0.1) is 15.3 Å². The van der Waals surface area contributed by atoms with E-state index < -0.39 is 25.1 Å². The minimum absolute atomic E-state index is 0.0834. The summed E-state index contributed by atoms with van der Waals surface area (Å²) >= 11 is 6.81. The summed E-state index contributed by atoms with van der Waals surface area (Å²) in [6.45, 7) is 4.22. The second-order valence-corrected chi connectivity index (χ2v) is 12.1. The van der Waals surface area contributed by atoms with Crippen molar-refractivity contribution < 1.29 is 16.8 Å². The molecular formula is C13H20ClNO4S3. The molecule has 22 heavy (non-hydrogen) atoms. The Morgan fingerprint density at radius 2 is 1.82 bits per heavy atom. The molecule has 0 atom stereocenters. The zero-order chi connectivity index (χ0) is 16.5. The highest BCUT2D eigenvalue weighted by Gasteiger charge is 2.35. The van der Waals surface area contributed by atoms with Gasteiger partial charge in [-0.2, -0.15) is 4.31 Å². The first-order valence-electron chi connectivity index (χ1n) is 7.10. The second-order valence-electron chi connectivity index (χ2n) is 5.89. The maximum absolute atomic E-state index is 12.5. The van der Waals surface area contributed by atoms with Crippen LogP contribution in [0.1, 0.15) is 26.7 Å². The lowest BCUT2D eigenvalue weighted by Crippen LogP contribution is -2.43. The first kappa shape index (κ1) is 18.2. The Bertz CT molecular complexity index is 716. The Kier molecular flexibility index (Phi) is 5.59. The highest BCUT2D eigenvalue weighted by molar-refractivity contribution is 7.92. The van der Waals surface area contributed by atoms with E-state index in [0.29, 0.717) is 17.2 Å². The zero-order valence-corrected chi connectivity index (χ0v) is 15.7. The fourth-order valence-corrected chi connectivity index (χ4v) is 7.83. The van der Waals surface area contributed by atoms with E-state index >= 15 is 0 Å². The summed E-state index contributed by atoms with van der Waals surface area (Å²) in [5.74, 6) is 0.241. The van der Waals surface area contributed by atoms with Crippen molar-refractivity contribution in [3.05, 3.63) is 16.5 Å². The number of hydrogen-bond donors (Lipinski definition) is 0. The molecule has 1 saturated heterocycles. The summed E-state index contributed by atoms with van der Waals surface area (Å²) < 4.78 is 51.4. The maximum atomic E-state index is 12.5. The molecule has 1 aromatic heterocycles. The summed E-state index contributed by atoms with van der Waals surface area (Å²) in [7, 11) is -6.71. The van der Waals surface area contributed by atoms with Crippen molar-refractivity contribution in [1.29, 1.82) is 0 Å². The van der Waals surface area contributed by atoms with E-state index in [-0.39, 0.29) is 29.0 Å². The molecule has 0 aromatic carbocycles. The van der Waals surface area contributed by atoms with Gasteiger partial charge in [0.25, 0.3) is 10.0 Å². The van der Waals surface area contributed by atoms with Crippen LogP contribution in [-0.2, 0) is 19.9 Å². The largest absolute Gasteiger partial charge is 0.252 e. The number of rotatable bonds is 5. The Labute approximate surface area is 141 Å². The first-order chi connectivity index (χ1) is 10.1. The third kappa shape index (κ3) is 4.03. The normalized spacial score (nSPS) is 18.9. The van der Waals surface area contributed by atoms with Crippen LogP contribution in [0.15, 0.2) is 16.3 Å². The van der Waals surface area contributed by atoms with Gasteiger partial charge < -0.3 is 0 Å². The van der Waals surface area contributed by atoms with Gasteiger partial charge in [-0.05, 0) is 30.9 Å². The number of thiophene rings is 1. The molecule has 0 N–H and O–H groups in total. The summed E-state index contributed by atoms with van der Waals surface area (Å²) in [4.78, 5) is 0. The predicted molar refractivity (Wildman–Crippen MR) is 89.7 cm³/mol. The minimum atomic E-state index is -3.56. The highest BCUT2D eigenvalue weighted by atomic mass is 35.5. The summed E-state index contributed by atoms with van der Waals surface area (Å²) in [6.07, 6.45) is 0.709. The van der Waals surface area contributed by atoms with Crippen LogP contribution in [0.2, 0.25) is 4.34 Å². The van der Waals surface area contributed by atoms with Crippen molar-refractivity contribution in [1.82, 2.24) is 4.31 Å². The van der Waals surface area contributed by atoms with Crippen molar-refractivity contribution in [2.75, 3.05) is 18.8 Å². The standard InChI is InChI=1S/C13H20ClNO4S3/c1-10(2)9-21(16,17)11-5-7-15(8-6-11)22(18,19)13-4-3-12(14)20-13/h3-4,10-11H,5-9H2,1-2H3. The van der Waals surface area contributed by atoms with E-state index in [9.17, 15) is 16.8 Å². The van der Waals surface area contributed by atoms with E-state index in [1.807, 2.05) is 13.8 Å². The molecule has 0 radical (unpaired) electrons. The van der Waals surface area contributed by atoms with Crippen LogP contribution >= 0.6 is 22.9 Å². The molecule has 0 saturated carbocycles. The first-order valence-corrected chi connectivity index (χ1v) is 11.4. The average molecular weight is 386 g/mol. The molecule has 0 unspecified atom stereocenters. The Balaban J connectivity index is 2.06. The minimum Gasteiger partial charge on any atom is -0.229 e. The summed E-state index contributed by atoms with van der Waals surface area (Å²) in [6, 6.07) is 3.04. The van der Waals surface area contributed by atoms with Crippen LogP contribution in [0.3, 0.4) is 0 Å². The number of nitrogens with zero attached hydrogens (tertiary/aromatic N) is 1. The molecule has 2 heterocycles. The van der Waals surface area contributed by atoms with Crippen molar-refractivity contribution >= 4 is 42.8 Å². The van der Waals surface area contributed by atoms with Crippen LogP contribution in [0.4, 0.5) is 0 Å². The highest BCUT2D eigenvalue weighted by Crippen LogP contribution is 2.30. The molecule has 1 fully saturated rings. The lowest BCUT2D eigenvalue weighted by Gasteiger charge is -2.30. The van der Waals surface area contributed by atoms with E-state index in [2.05, 4.69) is 0 Å². The van der Waals surface area contributed by atoms with E-state index in [0.717, 1.165) is 11.3 Å². The molecule has 0 amide bonds. The lowest BCUT2D eigenvalue weighted by molar-refractivity contribution is 0.346. The van der Waals surface area contributed by atoms with Crippen LogP contribution in [0.5, 0.6) is 0 Å². The van der Waals surface area contributed by atoms with Crippen molar-refractivity contribution in [2.24, 2.45) is 5.92 Å². The smallest absolute Gasteiger partial charge is 0.229 e. The van der Waals surface area contributed by atoms with Crippen molar-refractivity contribution in [3.8, 4) is 0 Å². The Morgan fingerprint density at radius 1 is 1.23 bits per heavy atom. The lowest BCUT2D eigenvalue weighted by atomic mass is 10.2. The van der Waals surface area contributed by atoms with Gasteiger partial charge >= 0.3 is 0 Å². The van der Waals surface area contributed by atoms with Gasteiger partial charge in [0, 0.05) is 13.1 Å². The predicted octanol–water partition coefficient (Wildman–Crippen LogP) is 2.63. The quantitative estimate of drug-likeness (QED) is 0.781. The van der Waals surface area contributed by atoms with Crippen molar-refractivity contribution in [3.63, 3.8) is 0 Å². The molecule has 0 spiro atoms. The number of halogens is 1. The fourth-order valence-electron chi connectivity index (χ4n) is 2.60. The van der Waals surface area contributed by atoms with Gasteiger partial charge in [-0.3, -0.25) is 0 Å². The van der Waals surface area contributed by atoms with Crippen molar-refractivity contribution in [2.45, 2.75) is 36.1 Å². The topological polar surface area (TPSA) is 71.5 Å². The van der Waals surface area contributed by atoms with E-state index in [1.54, 1.807) is 6.07 Å². The molecule has 9 heteroatoms. The van der Waals surface area contributed by atoms with Crippen LogP contribution in [0.25, 0.3) is 0 Å². The van der Waals surface area contributed by atoms with Gasteiger partial charge in [0.15, 0.2) is 9.84 Å². The monoisotopic (exact) mass is 385 g/mol. The molecule has 1 aliphatic rings. The number of piperidine rings is 1. The third-order valence-electron chi connectivity index (χ3n) is 3.62.